The molecule has 0 heterocycles. The monoisotopic (exact) mass is 364 g/mol. The van der Waals surface area contributed by atoms with Crippen molar-refractivity contribution in [2.45, 2.75) is 25.3 Å². The molecule has 1 N–H and O–H groups in total. The van der Waals surface area contributed by atoms with E-state index >= 15 is 0 Å². The number of carbonyl (C=O) groups excluding carboxylic acids is 1. The van der Waals surface area contributed by atoms with Gasteiger partial charge in [-0.25, -0.2) is 12.8 Å². The van der Waals surface area contributed by atoms with Crippen molar-refractivity contribution in [2.75, 3.05) is 13.1 Å². The van der Waals surface area contributed by atoms with E-state index < -0.39 is 15.8 Å². The Morgan fingerprint density at radius 3 is 2.24 bits per heavy atom. The summed E-state index contributed by atoms with van der Waals surface area (Å²) in [4.78, 5) is 12.1. The van der Waals surface area contributed by atoms with Crippen LogP contribution in [0.4, 0.5) is 4.39 Å². The molecule has 0 aliphatic carbocycles. The highest BCUT2D eigenvalue weighted by atomic mass is 32.2. The molecule has 0 radical (unpaired) electrons. The number of nitrogens with zero attached hydrogens (tertiary/aromatic N) is 1. The number of aryl methyl sites for hydroxylation is 1. The Labute approximate surface area is 147 Å². The van der Waals surface area contributed by atoms with E-state index in [2.05, 4.69) is 5.32 Å². The molecule has 134 valence electrons. The van der Waals surface area contributed by atoms with Crippen LogP contribution < -0.4 is 5.32 Å². The minimum Gasteiger partial charge on any atom is -0.355 e. The predicted molar refractivity (Wildman–Crippen MR) is 93.9 cm³/mol. The normalized spacial score (nSPS) is 11.5. The van der Waals surface area contributed by atoms with Crippen LogP contribution in [-0.4, -0.2) is 31.7 Å². The van der Waals surface area contributed by atoms with E-state index in [4.69, 9.17) is 0 Å². The Kier molecular flexibility index (Phi) is 6.27. The first kappa shape index (κ1) is 19.1. The topological polar surface area (TPSA) is 66.5 Å². The largest absolute Gasteiger partial charge is 0.355 e. The number of benzene rings is 2. The SMILES string of the molecule is CCNC(=O)CN(Cc1ccc(F)cc1)S(=O)(=O)c1ccc(C)cc1. The number of halogens is 1. The summed E-state index contributed by atoms with van der Waals surface area (Å²) in [6, 6.07) is 12.0. The Morgan fingerprint density at radius 2 is 1.68 bits per heavy atom. The molecule has 7 heteroatoms. The number of carbonyl (C=O) groups is 1. The van der Waals surface area contributed by atoms with Gasteiger partial charge in [0.15, 0.2) is 0 Å². The van der Waals surface area contributed by atoms with Crippen LogP contribution in [0, 0.1) is 12.7 Å². The number of hydrogen-bond donors (Lipinski definition) is 1. The highest BCUT2D eigenvalue weighted by molar-refractivity contribution is 7.89. The lowest BCUT2D eigenvalue weighted by atomic mass is 10.2. The highest BCUT2D eigenvalue weighted by Gasteiger charge is 2.26. The van der Waals surface area contributed by atoms with Crippen LogP contribution in [0.25, 0.3) is 0 Å². The van der Waals surface area contributed by atoms with E-state index in [1.807, 2.05) is 6.92 Å². The van der Waals surface area contributed by atoms with E-state index in [1.54, 1.807) is 19.1 Å². The molecule has 0 bridgehead atoms. The van der Waals surface area contributed by atoms with Crippen LogP contribution in [0.2, 0.25) is 0 Å². The van der Waals surface area contributed by atoms with E-state index in [0.717, 1.165) is 9.87 Å². The lowest BCUT2D eigenvalue weighted by molar-refractivity contribution is -0.121. The summed E-state index contributed by atoms with van der Waals surface area (Å²) >= 11 is 0. The molecule has 2 aromatic carbocycles. The fourth-order valence-corrected chi connectivity index (χ4v) is 3.68. The summed E-state index contributed by atoms with van der Waals surface area (Å²) in [6.07, 6.45) is 0. The third kappa shape index (κ3) is 5.11. The van der Waals surface area contributed by atoms with Crippen molar-refractivity contribution in [3.8, 4) is 0 Å². The van der Waals surface area contributed by atoms with Gasteiger partial charge in [0.25, 0.3) is 0 Å². The van der Waals surface area contributed by atoms with E-state index in [-0.39, 0.29) is 23.9 Å². The van der Waals surface area contributed by atoms with Crippen LogP contribution in [-0.2, 0) is 21.4 Å². The van der Waals surface area contributed by atoms with Crippen molar-refractivity contribution in [1.82, 2.24) is 9.62 Å². The highest BCUT2D eigenvalue weighted by Crippen LogP contribution is 2.19. The van der Waals surface area contributed by atoms with Crippen molar-refractivity contribution >= 4 is 15.9 Å². The van der Waals surface area contributed by atoms with Gasteiger partial charge >= 0.3 is 0 Å². The van der Waals surface area contributed by atoms with Gasteiger partial charge < -0.3 is 5.32 Å². The number of hydrogen-bond acceptors (Lipinski definition) is 3. The second-order valence-electron chi connectivity index (χ2n) is 5.67. The van der Waals surface area contributed by atoms with Crippen molar-refractivity contribution in [3.63, 3.8) is 0 Å². The summed E-state index contributed by atoms with van der Waals surface area (Å²) < 4.78 is 40.0. The molecule has 0 aromatic heterocycles. The average Bonchev–Trinajstić information content (AvgIpc) is 2.57. The van der Waals surface area contributed by atoms with E-state index in [9.17, 15) is 17.6 Å². The number of sulfonamides is 1. The van der Waals surface area contributed by atoms with E-state index in [1.165, 1.54) is 36.4 Å². The van der Waals surface area contributed by atoms with Crippen LogP contribution in [0.15, 0.2) is 53.4 Å². The van der Waals surface area contributed by atoms with Gasteiger partial charge in [-0.3, -0.25) is 4.79 Å². The Balaban J connectivity index is 2.33. The molecule has 1 amide bonds. The van der Waals surface area contributed by atoms with Crippen LogP contribution >= 0.6 is 0 Å². The zero-order valence-electron chi connectivity index (χ0n) is 14.2. The Bertz CT molecular complexity index is 818. The zero-order chi connectivity index (χ0) is 18.4. The average molecular weight is 364 g/mol. The number of rotatable bonds is 7. The van der Waals surface area contributed by atoms with Crippen LogP contribution in [0.3, 0.4) is 0 Å². The molecule has 0 saturated heterocycles. The molecule has 2 aromatic rings. The summed E-state index contributed by atoms with van der Waals surface area (Å²) in [5.41, 5.74) is 1.54. The van der Waals surface area contributed by atoms with Crippen molar-refractivity contribution in [1.29, 1.82) is 0 Å². The van der Waals surface area contributed by atoms with Gasteiger partial charge in [-0.05, 0) is 43.7 Å². The number of nitrogens with one attached hydrogen (secondary N) is 1. The third-order valence-corrected chi connectivity index (χ3v) is 5.43. The second-order valence-corrected chi connectivity index (χ2v) is 7.60. The summed E-state index contributed by atoms with van der Waals surface area (Å²) in [5.74, 6) is -0.791. The third-order valence-electron chi connectivity index (χ3n) is 3.62. The standard InChI is InChI=1S/C18H21FN2O3S/c1-3-20-18(22)13-21(12-15-6-8-16(19)9-7-15)25(23,24)17-10-4-14(2)5-11-17/h4-11H,3,12-13H2,1-2H3,(H,20,22). The molecule has 0 fully saturated rings. The van der Waals surface area contributed by atoms with E-state index in [0.29, 0.717) is 12.1 Å². The van der Waals surface area contributed by atoms with Crippen molar-refractivity contribution in [3.05, 3.63) is 65.5 Å². The van der Waals surface area contributed by atoms with Crippen molar-refractivity contribution in [2.24, 2.45) is 0 Å². The zero-order valence-corrected chi connectivity index (χ0v) is 15.0. The lowest BCUT2D eigenvalue weighted by Crippen LogP contribution is -2.40. The predicted octanol–water partition coefficient (Wildman–Crippen LogP) is 2.46. The van der Waals surface area contributed by atoms with Gasteiger partial charge in [-0.2, -0.15) is 4.31 Å². The van der Waals surface area contributed by atoms with Crippen LogP contribution in [0.5, 0.6) is 0 Å². The molecule has 0 spiro atoms. The molecule has 2 rings (SSSR count). The summed E-state index contributed by atoms with van der Waals surface area (Å²) in [6.45, 7) is 3.71. The smallest absolute Gasteiger partial charge is 0.243 e. The molecule has 0 aliphatic rings. The Morgan fingerprint density at radius 1 is 1.08 bits per heavy atom. The van der Waals surface area contributed by atoms with Gasteiger partial charge in [-0.1, -0.05) is 29.8 Å². The lowest BCUT2D eigenvalue weighted by Gasteiger charge is -2.22. The quantitative estimate of drug-likeness (QED) is 0.821. The fraction of sp³-hybridized carbons (Fsp3) is 0.278. The van der Waals surface area contributed by atoms with Gasteiger partial charge in [-0.15, -0.1) is 0 Å². The van der Waals surface area contributed by atoms with Gasteiger partial charge in [0.1, 0.15) is 5.82 Å². The molecule has 5 nitrogen and oxygen atoms in total. The minimum atomic E-state index is -3.86. The molecule has 25 heavy (non-hydrogen) atoms. The molecule has 0 atom stereocenters. The molecular weight excluding hydrogens is 343 g/mol. The molecule has 0 saturated carbocycles. The maximum Gasteiger partial charge on any atom is 0.243 e. The summed E-state index contributed by atoms with van der Waals surface area (Å²) in [5, 5.41) is 2.60. The second kappa shape index (κ2) is 8.22. The van der Waals surface area contributed by atoms with Gasteiger partial charge in [0.05, 0.1) is 11.4 Å². The fourth-order valence-electron chi connectivity index (χ4n) is 2.29. The van der Waals surface area contributed by atoms with Gasteiger partial charge in [0, 0.05) is 13.1 Å². The van der Waals surface area contributed by atoms with Crippen LogP contribution in [0.1, 0.15) is 18.1 Å². The first-order chi connectivity index (χ1) is 11.8. The first-order valence-electron chi connectivity index (χ1n) is 7.91. The minimum absolute atomic E-state index is 0.0202. The number of likely N-dealkylation sites (N-methyl/N-ethyl adjacent to an activating group) is 1. The first-order valence-corrected chi connectivity index (χ1v) is 9.35. The van der Waals surface area contributed by atoms with Crippen molar-refractivity contribution < 1.29 is 17.6 Å². The maximum atomic E-state index is 13.1. The number of amides is 1. The Hall–Kier alpha value is -2.25. The molecule has 0 unspecified atom stereocenters. The summed E-state index contributed by atoms with van der Waals surface area (Å²) in [7, 11) is -3.86. The molecular formula is C18H21FN2O3S. The maximum absolute atomic E-state index is 13.1. The molecule has 0 aliphatic heterocycles. The van der Waals surface area contributed by atoms with Gasteiger partial charge in [0.2, 0.25) is 15.9 Å².